The first-order chi connectivity index (χ1) is 11.8. The second-order valence-corrected chi connectivity index (χ2v) is 6.77. The van der Waals surface area contributed by atoms with Crippen LogP contribution in [0.2, 0.25) is 0 Å². The molecule has 25 heavy (non-hydrogen) atoms. The molecular formula is C19H29IN4O. The predicted octanol–water partition coefficient (Wildman–Crippen LogP) is 3.48. The highest BCUT2D eigenvalue weighted by Crippen LogP contribution is 2.33. The van der Waals surface area contributed by atoms with Crippen molar-refractivity contribution in [3.8, 4) is 0 Å². The Morgan fingerprint density at radius 2 is 2.08 bits per heavy atom. The zero-order chi connectivity index (χ0) is 16.8. The lowest BCUT2D eigenvalue weighted by molar-refractivity contribution is -0.116. The number of hydrogen-bond donors (Lipinski definition) is 3. The normalized spacial score (nSPS) is 19.5. The van der Waals surface area contributed by atoms with Gasteiger partial charge in [0.25, 0.3) is 0 Å². The van der Waals surface area contributed by atoms with Crippen molar-refractivity contribution in [2.24, 2.45) is 10.9 Å². The van der Waals surface area contributed by atoms with Crippen LogP contribution in [-0.4, -0.2) is 31.5 Å². The Kier molecular flexibility index (Phi) is 7.99. The highest BCUT2D eigenvalue weighted by Gasteiger charge is 2.24. The van der Waals surface area contributed by atoms with Crippen LogP contribution in [0.5, 0.6) is 0 Å². The maximum absolute atomic E-state index is 11.9. The fraction of sp³-hybridized carbons (Fsp3) is 0.579. The second-order valence-electron chi connectivity index (χ2n) is 6.77. The maximum atomic E-state index is 11.9. The molecule has 0 bridgehead atoms. The first-order valence-electron chi connectivity index (χ1n) is 9.17. The number of rotatable bonds is 7. The minimum Gasteiger partial charge on any atom is -0.357 e. The summed E-state index contributed by atoms with van der Waals surface area (Å²) in [5, 5.41) is 9.66. The Morgan fingerprint density at radius 1 is 1.28 bits per heavy atom. The molecule has 0 aromatic heterocycles. The Balaban J connectivity index is 0.00000225. The van der Waals surface area contributed by atoms with Gasteiger partial charge in [0, 0.05) is 31.1 Å². The molecule has 1 aliphatic carbocycles. The lowest BCUT2D eigenvalue weighted by atomic mass is 9.91. The number of amides is 1. The van der Waals surface area contributed by atoms with Crippen molar-refractivity contribution < 1.29 is 4.79 Å². The number of hydrogen-bond acceptors (Lipinski definition) is 2. The highest BCUT2D eigenvalue weighted by atomic mass is 127. The van der Waals surface area contributed by atoms with Crippen molar-refractivity contribution in [1.82, 2.24) is 10.6 Å². The van der Waals surface area contributed by atoms with Crippen molar-refractivity contribution in [2.45, 2.75) is 44.9 Å². The lowest BCUT2D eigenvalue weighted by Gasteiger charge is -2.24. The van der Waals surface area contributed by atoms with E-state index in [4.69, 9.17) is 4.99 Å². The standard InChI is InChI=1S/C19H28N4O.HI/c1-2-20-19(21-11-5-6-14-9-10-14)22-13-15-12-18(24)23-17-8-4-3-7-16(15)17;/h3-4,7-8,14-15H,2,5-6,9-13H2,1H3,(H,23,24)(H2,20,21,22);1H. The van der Waals surface area contributed by atoms with Gasteiger partial charge in [0.15, 0.2) is 5.96 Å². The van der Waals surface area contributed by atoms with E-state index in [1.54, 1.807) is 0 Å². The first kappa shape index (κ1) is 20.0. The minimum atomic E-state index is 0. The van der Waals surface area contributed by atoms with E-state index < -0.39 is 0 Å². The van der Waals surface area contributed by atoms with Gasteiger partial charge < -0.3 is 16.0 Å². The van der Waals surface area contributed by atoms with Gasteiger partial charge in [0.2, 0.25) is 5.91 Å². The van der Waals surface area contributed by atoms with Gasteiger partial charge in [-0.25, -0.2) is 0 Å². The number of aliphatic imine (C=N–C) groups is 1. The summed E-state index contributed by atoms with van der Waals surface area (Å²) in [6.07, 6.45) is 5.85. The monoisotopic (exact) mass is 456 g/mol. The van der Waals surface area contributed by atoms with Gasteiger partial charge in [-0.15, -0.1) is 24.0 Å². The van der Waals surface area contributed by atoms with Gasteiger partial charge in [-0.1, -0.05) is 31.0 Å². The third kappa shape index (κ3) is 6.17. The average Bonchev–Trinajstić information content (AvgIpc) is 3.40. The van der Waals surface area contributed by atoms with Crippen LogP contribution < -0.4 is 16.0 Å². The van der Waals surface area contributed by atoms with Gasteiger partial charge in [0.1, 0.15) is 0 Å². The third-order valence-corrected chi connectivity index (χ3v) is 4.70. The van der Waals surface area contributed by atoms with E-state index in [1.807, 2.05) is 18.2 Å². The quantitative estimate of drug-likeness (QED) is 0.255. The predicted molar refractivity (Wildman–Crippen MR) is 114 cm³/mol. The Morgan fingerprint density at radius 3 is 2.84 bits per heavy atom. The van der Waals surface area contributed by atoms with E-state index in [2.05, 4.69) is 28.9 Å². The Hall–Kier alpha value is -1.31. The van der Waals surface area contributed by atoms with Crippen molar-refractivity contribution >= 4 is 41.5 Å². The molecule has 3 N–H and O–H groups in total. The zero-order valence-electron chi connectivity index (χ0n) is 14.9. The second kappa shape index (κ2) is 9.99. The van der Waals surface area contributed by atoms with E-state index in [9.17, 15) is 4.79 Å². The number of benzene rings is 1. The van der Waals surface area contributed by atoms with E-state index in [1.165, 1.54) is 31.2 Å². The Bertz CT molecular complexity index is 601. The molecule has 3 rings (SSSR count). The minimum absolute atomic E-state index is 0. The summed E-state index contributed by atoms with van der Waals surface area (Å²) in [6.45, 7) is 4.51. The highest BCUT2D eigenvalue weighted by molar-refractivity contribution is 14.0. The van der Waals surface area contributed by atoms with Gasteiger partial charge >= 0.3 is 0 Å². The van der Waals surface area contributed by atoms with Crippen molar-refractivity contribution in [3.63, 3.8) is 0 Å². The molecule has 1 saturated carbocycles. The molecular weight excluding hydrogens is 427 g/mol. The molecule has 1 heterocycles. The molecule has 1 aliphatic heterocycles. The lowest BCUT2D eigenvalue weighted by Crippen LogP contribution is -2.38. The van der Waals surface area contributed by atoms with Crippen LogP contribution in [0.1, 0.15) is 50.5 Å². The fourth-order valence-electron chi connectivity index (χ4n) is 3.21. The van der Waals surface area contributed by atoms with Crippen LogP contribution in [0.4, 0.5) is 5.69 Å². The first-order valence-corrected chi connectivity index (χ1v) is 9.17. The molecule has 1 aromatic carbocycles. The zero-order valence-corrected chi connectivity index (χ0v) is 17.2. The molecule has 1 fully saturated rings. The van der Waals surface area contributed by atoms with E-state index >= 15 is 0 Å². The summed E-state index contributed by atoms with van der Waals surface area (Å²) in [4.78, 5) is 16.6. The van der Waals surface area contributed by atoms with Crippen molar-refractivity contribution in [2.75, 3.05) is 25.0 Å². The number of fused-ring (bicyclic) bond motifs is 1. The van der Waals surface area contributed by atoms with Gasteiger partial charge in [-0.05, 0) is 37.3 Å². The number of carbonyl (C=O) groups is 1. The molecule has 6 heteroatoms. The summed E-state index contributed by atoms with van der Waals surface area (Å²) >= 11 is 0. The number of halogens is 1. The maximum Gasteiger partial charge on any atom is 0.225 e. The number of nitrogens with one attached hydrogen (secondary N) is 3. The summed E-state index contributed by atoms with van der Waals surface area (Å²) in [5.74, 6) is 2.06. The topological polar surface area (TPSA) is 65.5 Å². The van der Waals surface area contributed by atoms with Crippen molar-refractivity contribution in [1.29, 1.82) is 0 Å². The van der Waals surface area contributed by atoms with Crippen LogP contribution in [0.15, 0.2) is 29.3 Å². The number of anilines is 1. The van der Waals surface area contributed by atoms with Crippen LogP contribution in [0.25, 0.3) is 0 Å². The van der Waals surface area contributed by atoms with Crippen LogP contribution in [0.3, 0.4) is 0 Å². The van der Waals surface area contributed by atoms with E-state index in [0.29, 0.717) is 13.0 Å². The van der Waals surface area contributed by atoms with Gasteiger partial charge in [-0.2, -0.15) is 0 Å². The summed E-state index contributed by atoms with van der Waals surface area (Å²) in [7, 11) is 0. The molecule has 5 nitrogen and oxygen atoms in total. The van der Waals surface area contributed by atoms with Crippen LogP contribution in [-0.2, 0) is 4.79 Å². The fourth-order valence-corrected chi connectivity index (χ4v) is 3.21. The number of nitrogens with zero attached hydrogens (tertiary/aromatic N) is 1. The molecule has 1 atom stereocenters. The van der Waals surface area contributed by atoms with Crippen LogP contribution >= 0.6 is 24.0 Å². The molecule has 0 spiro atoms. The molecule has 1 unspecified atom stereocenters. The largest absolute Gasteiger partial charge is 0.357 e. The van der Waals surface area contributed by atoms with Crippen molar-refractivity contribution in [3.05, 3.63) is 29.8 Å². The Labute approximate surface area is 167 Å². The van der Waals surface area contributed by atoms with Gasteiger partial charge in [0.05, 0.1) is 6.54 Å². The summed E-state index contributed by atoms with van der Waals surface area (Å²) in [6, 6.07) is 8.03. The van der Waals surface area contributed by atoms with E-state index in [-0.39, 0.29) is 35.8 Å². The smallest absolute Gasteiger partial charge is 0.225 e. The summed E-state index contributed by atoms with van der Waals surface area (Å²) < 4.78 is 0. The van der Waals surface area contributed by atoms with Gasteiger partial charge in [-0.3, -0.25) is 9.79 Å². The molecule has 138 valence electrons. The number of para-hydroxylation sites is 1. The van der Waals surface area contributed by atoms with Crippen LogP contribution in [0, 0.1) is 5.92 Å². The SMILES string of the molecule is CCNC(=NCC1CC(=O)Nc2ccccc21)NCCCC1CC1.I. The number of carbonyl (C=O) groups excluding carboxylic acids is 1. The average molecular weight is 456 g/mol. The third-order valence-electron chi connectivity index (χ3n) is 4.70. The van der Waals surface area contributed by atoms with E-state index in [0.717, 1.165) is 30.7 Å². The molecule has 2 aliphatic rings. The number of guanidine groups is 1. The molecule has 0 radical (unpaired) electrons. The molecule has 1 amide bonds. The molecule has 1 aromatic rings. The molecule has 0 saturated heterocycles. The summed E-state index contributed by atoms with van der Waals surface area (Å²) in [5.41, 5.74) is 2.11.